The van der Waals surface area contributed by atoms with Crippen molar-refractivity contribution in [2.24, 2.45) is 5.92 Å². The van der Waals surface area contributed by atoms with Gasteiger partial charge in [-0.15, -0.1) is 0 Å². The zero-order valence-corrected chi connectivity index (χ0v) is 25.9. The molecule has 0 radical (unpaired) electrons. The molecule has 5 atom stereocenters. The third-order valence-electron chi connectivity index (χ3n) is 8.52. The number of fused-ring (bicyclic) bond motifs is 2. The molecule has 0 aromatic heterocycles. The number of rotatable bonds is 13. The zero-order chi connectivity index (χ0) is 31.2. The van der Waals surface area contributed by atoms with Crippen LogP contribution in [0.3, 0.4) is 0 Å². The van der Waals surface area contributed by atoms with Gasteiger partial charge in [-0.1, -0.05) is 49.2 Å². The molecule has 2 saturated heterocycles. The van der Waals surface area contributed by atoms with Crippen molar-refractivity contribution >= 4 is 13.9 Å². The van der Waals surface area contributed by atoms with E-state index in [2.05, 4.69) is 5.32 Å². The average Bonchev–Trinajstić information content (AvgIpc) is 3.77. The number of hydrogen-bond acceptors (Lipinski definition) is 10. The maximum absolute atomic E-state index is 13.3. The van der Waals surface area contributed by atoms with Gasteiger partial charge in [0.15, 0.2) is 17.8 Å². The van der Waals surface area contributed by atoms with Crippen LogP contribution < -0.4 is 14.8 Å². The van der Waals surface area contributed by atoms with Crippen LogP contribution in [0.15, 0.2) is 48.5 Å². The molecule has 5 unspecified atom stereocenters. The van der Waals surface area contributed by atoms with Gasteiger partial charge in [0, 0.05) is 6.54 Å². The third kappa shape index (κ3) is 8.96. The Morgan fingerprint density at radius 1 is 0.978 bits per heavy atom. The summed E-state index contributed by atoms with van der Waals surface area (Å²) in [6.45, 7) is 1.89. The molecule has 1 amide bonds. The first kappa shape index (κ1) is 32.2. The number of amides is 1. The van der Waals surface area contributed by atoms with Crippen molar-refractivity contribution in [3.8, 4) is 11.5 Å². The Labute approximate surface area is 262 Å². The number of nitrogens with one attached hydrogen (secondary N) is 1. The zero-order valence-electron chi connectivity index (χ0n) is 25.0. The van der Waals surface area contributed by atoms with Gasteiger partial charge in [-0.05, 0) is 48.9 Å². The summed E-state index contributed by atoms with van der Waals surface area (Å²) in [6, 6.07) is 14.1. The summed E-state index contributed by atoms with van der Waals surface area (Å²) in [5, 5.41) is 4.52. The lowest BCUT2D eigenvalue weighted by Crippen LogP contribution is -2.51. The molecule has 2 aromatic carbocycles. The monoisotopic (exact) mass is 648 g/mol. The number of hydrogen-bond donors (Lipinski definition) is 3. The Bertz CT molecular complexity index is 1320. The fourth-order valence-corrected chi connectivity index (χ4v) is 6.93. The van der Waals surface area contributed by atoms with Crippen molar-refractivity contribution in [2.45, 2.75) is 75.7 Å². The number of ether oxygens (including phenoxy) is 5. The van der Waals surface area contributed by atoms with Gasteiger partial charge in [-0.2, -0.15) is 5.06 Å². The Morgan fingerprint density at radius 2 is 1.76 bits per heavy atom. The van der Waals surface area contributed by atoms with Crippen molar-refractivity contribution in [3.05, 3.63) is 59.7 Å². The lowest BCUT2D eigenvalue weighted by molar-refractivity contribution is -0.213. The first-order valence-corrected chi connectivity index (χ1v) is 17.1. The van der Waals surface area contributed by atoms with E-state index in [1.54, 1.807) is 5.06 Å². The summed E-state index contributed by atoms with van der Waals surface area (Å²) in [7, 11) is -5.01. The molecule has 3 N–H and O–H groups in total. The van der Waals surface area contributed by atoms with Gasteiger partial charge in [0.2, 0.25) is 0 Å². The predicted molar refractivity (Wildman–Crippen MR) is 159 cm³/mol. The van der Waals surface area contributed by atoms with Gasteiger partial charge in [-0.25, -0.2) is 9.36 Å². The maximum Gasteiger partial charge on any atom is 0.469 e. The van der Waals surface area contributed by atoms with E-state index in [0.717, 1.165) is 36.8 Å². The van der Waals surface area contributed by atoms with Gasteiger partial charge in [0.1, 0.15) is 25.4 Å². The molecule has 3 heterocycles. The van der Waals surface area contributed by atoms with Gasteiger partial charge in [0.05, 0.1) is 37.8 Å². The molecule has 6 rings (SSSR count). The fourth-order valence-electron chi connectivity index (χ4n) is 6.36. The van der Waals surface area contributed by atoms with Gasteiger partial charge in [-0.3, -0.25) is 9.36 Å². The summed E-state index contributed by atoms with van der Waals surface area (Å²) in [4.78, 5) is 39.7. The van der Waals surface area contributed by atoms with Gasteiger partial charge in [0.25, 0.3) is 0 Å². The molecule has 0 spiro atoms. The van der Waals surface area contributed by atoms with E-state index in [0.29, 0.717) is 37.7 Å². The van der Waals surface area contributed by atoms with Crippen LogP contribution in [0.25, 0.3) is 0 Å². The molecule has 2 aromatic rings. The molecule has 4 aliphatic rings. The predicted octanol–water partition coefficient (Wildman–Crippen LogP) is 3.71. The second-order valence-corrected chi connectivity index (χ2v) is 13.0. The van der Waals surface area contributed by atoms with Crippen molar-refractivity contribution in [1.82, 2.24) is 10.4 Å². The second kappa shape index (κ2) is 14.8. The number of carbonyl (C=O) groups is 1. The number of carbonyl (C=O) groups excluding carboxylic acids is 1. The number of phosphoric ester groups is 1. The van der Waals surface area contributed by atoms with E-state index >= 15 is 0 Å². The van der Waals surface area contributed by atoms with Crippen molar-refractivity contribution in [1.29, 1.82) is 0 Å². The number of benzene rings is 2. The van der Waals surface area contributed by atoms with Crippen LogP contribution in [0.2, 0.25) is 0 Å². The highest BCUT2D eigenvalue weighted by atomic mass is 31.2. The van der Waals surface area contributed by atoms with E-state index in [-0.39, 0.29) is 38.1 Å². The molecular formula is C31H41N2O11P. The largest absolute Gasteiger partial charge is 0.486 e. The van der Waals surface area contributed by atoms with E-state index in [1.807, 2.05) is 48.5 Å². The number of nitrogens with zero attached hydrogens (tertiary/aromatic N) is 1. The van der Waals surface area contributed by atoms with E-state index in [9.17, 15) is 19.1 Å². The summed E-state index contributed by atoms with van der Waals surface area (Å²) < 4.78 is 46.1. The molecule has 246 valence electrons. The van der Waals surface area contributed by atoms with Crippen LogP contribution in [0.4, 0.5) is 4.79 Å². The Kier molecular flexibility index (Phi) is 10.6. The molecule has 0 bridgehead atoms. The number of hydroxylamine groups is 2. The first-order chi connectivity index (χ1) is 21.8. The molecular weight excluding hydrogens is 607 g/mol. The van der Waals surface area contributed by atoms with E-state index in [4.69, 9.17) is 33.0 Å². The highest BCUT2D eigenvalue weighted by Gasteiger charge is 2.44. The molecule has 1 aliphatic carbocycles. The highest BCUT2D eigenvalue weighted by Crippen LogP contribution is 2.40. The fraction of sp³-hybridized carbons (Fsp3) is 0.581. The van der Waals surface area contributed by atoms with Gasteiger partial charge < -0.3 is 38.8 Å². The molecule has 3 fully saturated rings. The topological polar surface area (TPSA) is 154 Å². The second-order valence-electron chi connectivity index (χ2n) is 11.9. The number of alkyl carbamates (subject to hydrolysis) is 1. The minimum Gasteiger partial charge on any atom is -0.486 e. The summed E-state index contributed by atoms with van der Waals surface area (Å²) in [5.41, 5.74) is 1.69. The minimum absolute atomic E-state index is 0.0487. The SMILES string of the molecule is O=C(NC(Cc1ccccc1)C(CN(Cc1ccc2c(c1)OCCO2)OC1CCCC1)OP(=O)(O)O)OC1COC2OCCC12. The molecule has 13 nitrogen and oxygen atoms in total. The number of phosphoric acid groups is 1. The molecule has 45 heavy (non-hydrogen) atoms. The van der Waals surface area contributed by atoms with Crippen LogP contribution in [-0.4, -0.2) is 84.6 Å². The Balaban J connectivity index is 1.23. The van der Waals surface area contributed by atoms with Crippen LogP contribution >= 0.6 is 7.82 Å². The maximum atomic E-state index is 13.3. The van der Waals surface area contributed by atoms with Gasteiger partial charge >= 0.3 is 13.9 Å². The average molecular weight is 649 g/mol. The summed E-state index contributed by atoms with van der Waals surface area (Å²) in [6.07, 6.45) is 1.90. The summed E-state index contributed by atoms with van der Waals surface area (Å²) in [5.74, 6) is 1.22. The van der Waals surface area contributed by atoms with Crippen LogP contribution in [-0.2, 0) is 41.1 Å². The standard InChI is InChI=1S/C31H41N2O11P/c34-31(42-29-20-41-30-24(29)12-13-40-30)32-25(16-21-6-2-1-3-7-21)28(44-45(35,36)37)19-33(43-23-8-4-5-9-23)18-22-10-11-26-27(17-22)39-15-14-38-26/h1-3,6-7,10-11,17,23-25,28-30H,4-5,8-9,12-16,18-20H2,(H,32,34)(H2,35,36,37). The van der Waals surface area contributed by atoms with Crippen LogP contribution in [0, 0.1) is 5.92 Å². The van der Waals surface area contributed by atoms with Crippen molar-refractivity contribution in [3.63, 3.8) is 0 Å². The van der Waals surface area contributed by atoms with E-state index in [1.165, 1.54) is 0 Å². The van der Waals surface area contributed by atoms with Crippen LogP contribution in [0.5, 0.6) is 11.5 Å². The first-order valence-electron chi connectivity index (χ1n) is 15.6. The lowest BCUT2D eigenvalue weighted by Gasteiger charge is -2.34. The van der Waals surface area contributed by atoms with Crippen LogP contribution in [0.1, 0.15) is 43.2 Å². The normalized spacial score (nSPS) is 24.4. The Hall–Kier alpha value is -2.74. The minimum atomic E-state index is -5.01. The van der Waals surface area contributed by atoms with E-state index < -0.39 is 38.5 Å². The Morgan fingerprint density at radius 3 is 2.53 bits per heavy atom. The molecule has 14 heteroatoms. The lowest BCUT2D eigenvalue weighted by atomic mass is 10.0. The van der Waals surface area contributed by atoms with Crippen molar-refractivity contribution < 1.29 is 52.2 Å². The van der Waals surface area contributed by atoms with Crippen molar-refractivity contribution in [2.75, 3.05) is 33.0 Å². The highest BCUT2D eigenvalue weighted by molar-refractivity contribution is 7.46. The molecule has 1 saturated carbocycles. The third-order valence-corrected chi connectivity index (χ3v) is 9.06. The molecule has 3 aliphatic heterocycles. The quantitative estimate of drug-likeness (QED) is 0.214. The smallest absolute Gasteiger partial charge is 0.469 e. The summed E-state index contributed by atoms with van der Waals surface area (Å²) >= 11 is 0.